The highest BCUT2D eigenvalue weighted by Gasteiger charge is 2.48. The van der Waals surface area contributed by atoms with Crippen LogP contribution in [-0.2, 0) is 4.79 Å². The van der Waals surface area contributed by atoms with Crippen molar-refractivity contribution in [1.82, 2.24) is 4.90 Å². The van der Waals surface area contributed by atoms with Crippen molar-refractivity contribution in [3.63, 3.8) is 0 Å². The van der Waals surface area contributed by atoms with Gasteiger partial charge in [0.1, 0.15) is 6.29 Å². The van der Waals surface area contributed by atoms with E-state index in [2.05, 4.69) is 0 Å². The molecule has 1 aliphatic heterocycles. The van der Waals surface area contributed by atoms with E-state index in [-0.39, 0.29) is 17.5 Å². The van der Waals surface area contributed by atoms with E-state index in [1.165, 1.54) is 12.1 Å². The first kappa shape index (κ1) is 14.8. The molecule has 7 nitrogen and oxygen atoms in total. The van der Waals surface area contributed by atoms with Crippen LogP contribution in [0.4, 0.5) is 0 Å². The van der Waals surface area contributed by atoms with E-state index < -0.39 is 28.8 Å². The monoisotopic (exact) mass is 290 g/mol. The quantitative estimate of drug-likeness (QED) is 0.342. The number of benzene rings is 1. The van der Waals surface area contributed by atoms with Crippen molar-refractivity contribution in [2.45, 2.75) is 25.9 Å². The summed E-state index contributed by atoms with van der Waals surface area (Å²) >= 11 is 0. The molecule has 2 rings (SSSR count). The maximum atomic E-state index is 12.3. The minimum absolute atomic E-state index is 0.0739. The molecule has 0 aliphatic carbocycles. The van der Waals surface area contributed by atoms with Crippen LogP contribution in [0.25, 0.3) is 0 Å². The Balaban J connectivity index is 2.44. The lowest BCUT2D eigenvalue weighted by molar-refractivity contribution is -0.551. The standard InChI is InChI=1S/C14H14N2O5/c1-2-9(7-8-17)12(16(20)21)15-13(18)10-5-3-4-6-11(10)14(15)19/h3-6,8-9,12H,2,7H2,1H3/t9-,12-/m1/s1. The molecule has 1 aliphatic rings. The van der Waals surface area contributed by atoms with Crippen LogP contribution in [0.15, 0.2) is 24.3 Å². The van der Waals surface area contributed by atoms with E-state index in [9.17, 15) is 24.5 Å². The molecule has 110 valence electrons. The number of aldehydes is 1. The number of fused-ring (bicyclic) bond motifs is 1. The van der Waals surface area contributed by atoms with Gasteiger partial charge in [-0.2, -0.15) is 0 Å². The SMILES string of the molecule is CC[C@H](CC=O)[C@H](N1C(=O)c2ccccc2C1=O)[N+](=O)[O-]. The van der Waals surface area contributed by atoms with Crippen molar-refractivity contribution in [3.05, 3.63) is 45.5 Å². The summed E-state index contributed by atoms with van der Waals surface area (Å²) in [5.41, 5.74) is 0.325. The molecule has 0 saturated carbocycles. The normalized spacial score (nSPS) is 16.5. The molecular formula is C14H14N2O5. The first-order valence-electron chi connectivity index (χ1n) is 6.57. The lowest BCUT2D eigenvalue weighted by Crippen LogP contribution is -2.49. The smallest absolute Gasteiger partial charge is 0.299 e. The number of hydrogen-bond donors (Lipinski definition) is 0. The minimum Gasteiger partial charge on any atom is -0.303 e. The zero-order valence-electron chi connectivity index (χ0n) is 11.4. The van der Waals surface area contributed by atoms with Gasteiger partial charge < -0.3 is 4.79 Å². The Morgan fingerprint density at radius 3 is 2.14 bits per heavy atom. The van der Waals surface area contributed by atoms with Gasteiger partial charge in [0.05, 0.1) is 17.0 Å². The predicted octanol–water partition coefficient (Wildman–Crippen LogP) is 1.50. The number of rotatable bonds is 6. The zero-order valence-corrected chi connectivity index (χ0v) is 11.4. The summed E-state index contributed by atoms with van der Waals surface area (Å²) in [5.74, 6) is -2.05. The number of nitrogens with zero attached hydrogens (tertiary/aromatic N) is 2. The first-order valence-corrected chi connectivity index (χ1v) is 6.57. The third-order valence-electron chi connectivity index (χ3n) is 3.65. The van der Waals surface area contributed by atoms with Gasteiger partial charge in [-0.05, 0) is 18.6 Å². The molecular weight excluding hydrogens is 276 g/mol. The maximum Gasteiger partial charge on any atom is 0.299 e. The van der Waals surface area contributed by atoms with Crippen LogP contribution in [0, 0.1) is 16.0 Å². The summed E-state index contributed by atoms with van der Waals surface area (Å²) < 4.78 is 0. The molecule has 0 unspecified atom stereocenters. The van der Waals surface area contributed by atoms with Gasteiger partial charge in [-0.1, -0.05) is 19.1 Å². The second-order valence-corrected chi connectivity index (χ2v) is 4.80. The van der Waals surface area contributed by atoms with Crippen molar-refractivity contribution in [2.75, 3.05) is 0 Å². The summed E-state index contributed by atoms with van der Waals surface area (Å²) in [4.78, 5) is 46.6. The van der Waals surface area contributed by atoms with E-state index in [0.29, 0.717) is 17.6 Å². The Labute approximate surface area is 120 Å². The molecule has 0 radical (unpaired) electrons. The molecule has 0 bridgehead atoms. The lowest BCUT2D eigenvalue weighted by Gasteiger charge is -2.24. The van der Waals surface area contributed by atoms with Crippen LogP contribution in [0.1, 0.15) is 40.5 Å². The number of carbonyl (C=O) groups is 3. The molecule has 1 heterocycles. The third-order valence-corrected chi connectivity index (χ3v) is 3.65. The topological polar surface area (TPSA) is 97.6 Å². The lowest BCUT2D eigenvalue weighted by atomic mass is 9.98. The molecule has 1 aromatic carbocycles. The molecule has 2 atom stereocenters. The second-order valence-electron chi connectivity index (χ2n) is 4.80. The van der Waals surface area contributed by atoms with E-state index in [1.807, 2.05) is 0 Å². The molecule has 0 N–H and O–H groups in total. The number of hydrogen-bond acceptors (Lipinski definition) is 5. The van der Waals surface area contributed by atoms with Crippen LogP contribution in [-0.4, -0.2) is 34.1 Å². The van der Waals surface area contributed by atoms with Gasteiger partial charge in [0, 0.05) is 11.3 Å². The molecule has 0 aromatic heterocycles. The van der Waals surface area contributed by atoms with Crippen LogP contribution >= 0.6 is 0 Å². The van der Waals surface area contributed by atoms with Gasteiger partial charge in [-0.15, -0.1) is 0 Å². The summed E-state index contributed by atoms with van der Waals surface area (Å²) in [6, 6.07) is 6.12. The Kier molecular flexibility index (Phi) is 4.11. The molecule has 0 fully saturated rings. The molecule has 0 spiro atoms. The highest BCUT2D eigenvalue weighted by molar-refractivity contribution is 6.21. The highest BCUT2D eigenvalue weighted by atomic mass is 16.6. The Hall–Kier alpha value is -2.57. The molecule has 21 heavy (non-hydrogen) atoms. The van der Waals surface area contributed by atoms with Gasteiger partial charge in [0.2, 0.25) is 0 Å². The van der Waals surface area contributed by atoms with Crippen molar-refractivity contribution in [3.8, 4) is 0 Å². The van der Waals surface area contributed by atoms with E-state index in [1.54, 1.807) is 19.1 Å². The van der Waals surface area contributed by atoms with Gasteiger partial charge in [-0.25, -0.2) is 4.90 Å². The van der Waals surface area contributed by atoms with E-state index in [4.69, 9.17) is 0 Å². The molecule has 7 heteroatoms. The molecule has 2 amide bonds. The van der Waals surface area contributed by atoms with Gasteiger partial charge in [-0.3, -0.25) is 19.7 Å². The van der Waals surface area contributed by atoms with Crippen molar-refractivity contribution >= 4 is 18.1 Å². The third kappa shape index (κ3) is 2.42. The van der Waals surface area contributed by atoms with Crippen molar-refractivity contribution < 1.29 is 19.3 Å². The summed E-state index contributed by atoms with van der Waals surface area (Å²) in [6.45, 7) is 1.68. The fraction of sp³-hybridized carbons (Fsp3) is 0.357. The van der Waals surface area contributed by atoms with Crippen LogP contribution in [0.3, 0.4) is 0 Å². The summed E-state index contributed by atoms with van der Waals surface area (Å²) in [5, 5.41) is 11.3. The van der Waals surface area contributed by atoms with E-state index in [0.717, 1.165) is 0 Å². The number of nitro groups is 1. The first-order chi connectivity index (χ1) is 10.0. The summed E-state index contributed by atoms with van der Waals surface area (Å²) in [7, 11) is 0. The van der Waals surface area contributed by atoms with Gasteiger partial charge >= 0.3 is 0 Å². The van der Waals surface area contributed by atoms with E-state index >= 15 is 0 Å². The summed E-state index contributed by atoms with van der Waals surface area (Å²) in [6.07, 6.45) is -0.705. The average molecular weight is 290 g/mol. The number of carbonyl (C=O) groups excluding carboxylic acids is 3. The Bertz CT molecular complexity index is 578. The minimum atomic E-state index is -1.52. The highest BCUT2D eigenvalue weighted by Crippen LogP contribution is 2.29. The largest absolute Gasteiger partial charge is 0.303 e. The van der Waals surface area contributed by atoms with Gasteiger partial charge in [0.15, 0.2) is 0 Å². The Morgan fingerprint density at radius 2 is 1.76 bits per heavy atom. The van der Waals surface area contributed by atoms with Crippen LogP contribution < -0.4 is 0 Å². The number of imide groups is 1. The van der Waals surface area contributed by atoms with Gasteiger partial charge in [0.25, 0.3) is 18.0 Å². The predicted molar refractivity (Wildman–Crippen MR) is 72.2 cm³/mol. The second kappa shape index (κ2) is 5.82. The Morgan fingerprint density at radius 1 is 1.24 bits per heavy atom. The molecule has 1 aromatic rings. The van der Waals surface area contributed by atoms with Crippen LogP contribution in [0.2, 0.25) is 0 Å². The maximum absolute atomic E-state index is 12.3. The van der Waals surface area contributed by atoms with Crippen molar-refractivity contribution in [2.24, 2.45) is 5.92 Å². The average Bonchev–Trinajstić information content (AvgIpc) is 2.72. The fourth-order valence-corrected chi connectivity index (χ4v) is 2.55. The zero-order chi connectivity index (χ0) is 15.6. The molecule has 0 saturated heterocycles. The number of amides is 2. The van der Waals surface area contributed by atoms with Crippen molar-refractivity contribution in [1.29, 1.82) is 0 Å². The van der Waals surface area contributed by atoms with Crippen LogP contribution in [0.5, 0.6) is 0 Å². The fourth-order valence-electron chi connectivity index (χ4n) is 2.55.